The van der Waals surface area contributed by atoms with Crippen LogP contribution in [0.4, 0.5) is 22.0 Å². The van der Waals surface area contributed by atoms with Crippen LogP contribution in [0.2, 0.25) is 0 Å². The lowest BCUT2D eigenvalue weighted by Crippen LogP contribution is -2.76. The fraction of sp³-hybridized carbons (Fsp3) is 0.974. The van der Waals surface area contributed by atoms with Gasteiger partial charge in [0.1, 0.15) is 17.8 Å². The minimum Gasteiger partial charge on any atom is -0.375 e. The molecular formula is C38H65F5N8O6S2. The van der Waals surface area contributed by atoms with Crippen molar-refractivity contribution in [2.75, 3.05) is 20.2 Å². The van der Waals surface area contributed by atoms with Gasteiger partial charge in [-0.25, -0.2) is 22.6 Å². The molecule has 12 atom stereocenters. The fourth-order valence-corrected chi connectivity index (χ4v) is 14.7. The zero-order valence-electron chi connectivity index (χ0n) is 34.6. The van der Waals surface area contributed by atoms with Crippen molar-refractivity contribution in [2.24, 2.45) is 11.3 Å². The Hall–Kier alpha value is -1.46. The summed E-state index contributed by atoms with van der Waals surface area (Å²) in [6.45, 7) is 5.77. The van der Waals surface area contributed by atoms with Gasteiger partial charge in [0.2, 0.25) is 6.04 Å². The summed E-state index contributed by atoms with van der Waals surface area (Å²) < 4.78 is 104. The number of hydrogen-bond donors (Lipinski definition) is 6. The molecule has 0 aromatic heterocycles. The number of halogens is 5. The number of likely N-dealkylation sites (tertiary alicyclic amines) is 1. The number of alkyl halides is 5. The number of carbonyl (C=O) groups is 1. The molecule has 3 heterocycles. The summed E-state index contributed by atoms with van der Waals surface area (Å²) in [5.74, 6) is -3.04. The largest absolute Gasteiger partial charge is 0.471 e. The molecule has 0 bridgehead atoms. The fourth-order valence-electron chi connectivity index (χ4n) is 10.9. The Balaban J connectivity index is 1.17. The summed E-state index contributed by atoms with van der Waals surface area (Å²) in [6, 6.07) is -1.93. The minimum atomic E-state index is -4.98. The number of carbonyl (C=O) groups excluding carboxylic acids is 1. The zero-order chi connectivity index (χ0) is 42.9. The normalized spacial score (nSPS) is 38.4. The van der Waals surface area contributed by atoms with Crippen molar-refractivity contribution < 1.29 is 44.8 Å². The van der Waals surface area contributed by atoms with Crippen LogP contribution in [-0.2, 0) is 19.4 Å². The lowest BCUT2D eigenvalue weighted by atomic mass is 9.70. The SMILES string of the molecule is COC1C(NC2NNC(C)C23CCCCCCC3)NC(SC2CCC(S(=O)(=O)C(C)(C)C3CCCC([N+](=O)[O-])C3F)CC2F)NC1N1CCC(NC(=O)C(F)(F)F)CC1. The molecule has 0 radical (unpaired) electrons. The minimum absolute atomic E-state index is 0.0494. The molecule has 1 amide bonds. The van der Waals surface area contributed by atoms with Gasteiger partial charge < -0.3 is 10.1 Å². The van der Waals surface area contributed by atoms with Crippen molar-refractivity contribution in [3.8, 4) is 0 Å². The van der Waals surface area contributed by atoms with Crippen molar-refractivity contribution in [1.82, 2.24) is 37.0 Å². The van der Waals surface area contributed by atoms with E-state index in [4.69, 9.17) is 4.74 Å². The van der Waals surface area contributed by atoms with Gasteiger partial charge in [0.05, 0.1) is 28.5 Å². The molecule has 21 heteroatoms. The van der Waals surface area contributed by atoms with Crippen molar-refractivity contribution >= 4 is 27.5 Å². The van der Waals surface area contributed by atoms with Gasteiger partial charge in [-0.05, 0) is 78.6 Å². The Labute approximate surface area is 349 Å². The van der Waals surface area contributed by atoms with E-state index >= 15 is 8.78 Å². The number of sulfone groups is 1. The van der Waals surface area contributed by atoms with Crippen molar-refractivity contribution in [3.63, 3.8) is 0 Å². The van der Waals surface area contributed by atoms with Gasteiger partial charge in [0, 0.05) is 60.2 Å². The molecule has 0 aromatic carbocycles. The summed E-state index contributed by atoms with van der Waals surface area (Å²) in [4.78, 5) is 24.7. The van der Waals surface area contributed by atoms with E-state index in [0.29, 0.717) is 19.5 Å². The van der Waals surface area contributed by atoms with E-state index in [0.717, 1.165) is 38.5 Å². The number of amides is 1. The predicted molar refractivity (Wildman–Crippen MR) is 215 cm³/mol. The Morgan fingerprint density at radius 1 is 0.949 bits per heavy atom. The van der Waals surface area contributed by atoms with E-state index < -0.39 is 96.4 Å². The molecular weight excluding hydrogens is 824 g/mol. The van der Waals surface area contributed by atoms with E-state index in [1.165, 1.54) is 32.0 Å². The lowest BCUT2D eigenvalue weighted by molar-refractivity contribution is -0.536. The highest BCUT2D eigenvalue weighted by Crippen LogP contribution is 2.46. The standard InChI is InChI=1S/C38H65F5N8O6S2/c1-22-37(17-8-6-5-7-9-18-37)33(49-48-22)45-31-30(57-4)32(50-19-15-23(16-20-50)44-34(52)38(41,42)43)47-35(46-31)58-28-14-13-24(21-26(28)39)59(55,56)36(2,3)25-11-10-12-27(29(25)40)51(53)54/h22-33,35,45-49H,5-21H2,1-4H3,(H,44,52). The lowest BCUT2D eigenvalue weighted by Gasteiger charge is -2.51. The summed E-state index contributed by atoms with van der Waals surface area (Å²) in [5.41, 5.74) is 6.33. The first-order chi connectivity index (χ1) is 27.8. The highest BCUT2D eigenvalue weighted by molar-refractivity contribution is 8.00. The quantitative estimate of drug-likeness (QED) is 0.0980. The molecule has 59 heavy (non-hydrogen) atoms. The van der Waals surface area contributed by atoms with Crippen LogP contribution < -0.4 is 32.1 Å². The Morgan fingerprint density at radius 3 is 2.22 bits per heavy atom. The topological polar surface area (TPSA) is 179 Å². The second-order valence-electron chi connectivity index (χ2n) is 18.3. The maximum atomic E-state index is 16.4. The third kappa shape index (κ3) is 10.0. The summed E-state index contributed by atoms with van der Waals surface area (Å²) in [7, 11) is -2.51. The smallest absolute Gasteiger partial charge is 0.375 e. The average Bonchev–Trinajstić information content (AvgIpc) is 3.47. The van der Waals surface area contributed by atoms with Crippen molar-refractivity contribution in [1.29, 1.82) is 0 Å². The molecule has 3 saturated heterocycles. The van der Waals surface area contributed by atoms with Crippen LogP contribution in [0.1, 0.15) is 117 Å². The molecule has 340 valence electrons. The predicted octanol–water partition coefficient (Wildman–Crippen LogP) is 4.38. The number of nitrogens with one attached hydrogen (secondary N) is 6. The summed E-state index contributed by atoms with van der Waals surface area (Å²) in [6.07, 6.45) is -0.971. The van der Waals surface area contributed by atoms with Crippen LogP contribution in [0.25, 0.3) is 0 Å². The van der Waals surface area contributed by atoms with Gasteiger partial charge in [-0.1, -0.05) is 32.1 Å². The number of methoxy groups -OCH3 is 1. The van der Waals surface area contributed by atoms with Crippen LogP contribution in [-0.4, -0.2) is 126 Å². The van der Waals surface area contributed by atoms with Gasteiger partial charge in [-0.15, -0.1) is 11.8 Å². The maximum absolute atomic E-state index is 16.4. The summed E-state index contributed by atoms with van der Waals surface area (Å²) >= 11 is 1.32. The Bertz CT molecular complexity index is 1550. The number of hydrazine groups is 1. The van der Waals surface area contributed by atoms with Crippen LogP contribution in [0.5, 0.6) is 0 Å². The molecule has 6 fully saturated rings. The Kier molecular flexibility index (Phi) is 15.2. The highest BCUT2D eigenvalue weighted by atomic mass is 32.2. The van der Waals surface area contributed by atoms with Gasteiger partial charge in [-0.3, -0.25) is 41.2 Å². The number of piperidine rings is 1. The van der Waals surface area contributed by atoms with Crippen molar-refractivity contribution in [2.45, 2.75) is 199 Å². The number of nitrogens with zero attached hydrogens (tertiary/aromatic N) is 2. The van der Waals surface area contributed by atoms with Gasteiger partial charge in [0.15, 0.2) is 16.0 Å². The second-order valence-corrected chi connectivity index (χ2v) is 22.5. The molecule has 6 rings (SSSR count). The summed E-state index contributed by atoms with van der Waals surface area (Å²) in [5, 5.41) is 23.0. The number of ether oxygens (including phenoxy) is 1. The second kappa shape index (κ2) is 19.1. The first-order valence-electron chi connectivity index (χ1n) is 21.5. The van der Waals surface area contributed by atoms with E-state index in [1.807, 2.05) is 0 Å². The molecule has 0 aromatic rings. The highest BCUT2D eigenvalue weighted by Gasteiger charge is 2.56. The maximum Gasteiger partial charge on any atom is 0.471 e. The first-order valence-corrected chi connectivity index (χ1v) is 24.0. The third-order valence-corrected chi connectivity index (χ3v) is 19.2. The van der Waals surface area contributed by atoms with Crippen LogP contribution in [0, 0.1) is 21.4 Å². The number of hydrogen-bond acceptors (Lipinski definition) is 13. The number of nitro groups is 1. The molecule has 3 saturated carbocycles. The van der Waals surface area contributed by atoms with E-state index in [1.54, 1.807) is 7.11 Å². The van der Waals surface area contributed by atoms with Crippen LogP contribution in [0.15, 0.2) is 0 Å². The zero-order valence-corrected chi connectivity index (χ0v) is 36.2. The van der Waals surface area contributed by atoms with Crippen molar-refractivity contribution in [3.05, 3.63) is 10.1 Å². The average molecular weight is 889 g/mol. The molecule has 6 aliphatic rings. The van der Waals surface area contributed by atoms with Crippen LogP contribution >= 0.6 is 11.8 Å². The monoisotopic (exact) mass is 888 g/mol. The van der Waals surface area contributed by atoms with Crippen LogP contribution in [0.3, 0.4) is 0 Å². The third-order valence-electron chi connectivity index (χ3n) is 14.7. The molecule has 14 nitrogen and oxygen atoms in total. The van der Waals surface area contributed by atoms with E-state index in [-0.39, 0.29) is 62.6 Å². The Morgan fingerprint density at radius 2 is 1.61 bits per heavy atom. The van der Waals surface area contributed by atoms with Gasteiger partial charge in [-0.2, -0.15) is 13.2 Å². The number of rotatable bonds is 11. The molecule has 12 unspecified atom stereocenters. The van der Waals surface area contributed by atoms with E-state index in [2.05, 4.69) is 43.9 Å². The van der Waals surface area contributed by atoms with E-state index in [9.17, 15) is 36.5 Å². The molecule has 3 aliphatic heterocycles. The molecule has 6 N–H and O–H groups in total. The molecule has 3 aliphatic carbocycles. The van der Waals surface area contributed by atoms with Gasteiger partial charge in [0.25, 0.3) is 0 Å². The molecule has 1 spiro atoms. The number of thioether (sulfide) groups is 1. The van der Waals surface area contributed by atoms with Gasteiger partial charge >= 0.3 is 12.1 Å². The first kappa shape index (κ1) is 47.0.